The van der Waals surface area contributed by atoms with Gasteiger partial charge >= 0.3 is 0 Å². The zero-order valence-corrected chi connectivity index (χ0v) is 15.6. The molecule has 1 fully saturated rings. The molecular formula is C19H23FN2O3S. The van der Waals surface area contributed by atoms with Gasteiger partial charge in [-0.25, -0.2) is 22.1 Å². The van der Waals surface area contributed by atoms with Gasteiger partial charge in [-0.05, 0) is 31.9 Å². The van der Waals surface area contributed by atoms with Crippen LogP contribution in [0.3, 0.4) is 0 Å². The van der Waals surface area contributed by atoms with Gasteiger partial charge in [-0.3, -0.25) is 0 Å². The van der Waals surface area contributed by atoms with Crippen molar-refractivity contribution >= 4 is 10.0 Å². The molecule has 0 aliphatic carbocycles. The van der Waals surface area contributed by atoms with Crippen LogP contribution in [0, 0.1) is 18.7 Å². The molecule has 0 bridgehead atoms. The summed E-state index contributed by atoms with van der Waals surface area (Å²) in [6, 6.07) is 11.6. The van der Waals surface area contributed by atoms with Crippen LogP contribution < -0.4 is 4.74 Å². The zero-order valence-electron chi connectivity index (χ0n) is 14.8. The second kappa shape index (κ2) is 8.14. The van der Waals surface area contributed by atoms with E-state index in [1.807, 2.05) is 19.1 Å². The first-order valence-corrected chi connectivity index (χ1v) is 10.3. The molecule has 2 aromatic rings. The monoisotopic (exact) mass is 378 g/mol. The van der Waals surface area contributed by atoms with Crippen molar-refractivity contribution in [1.29, 1.82) is 0 Å². The van der Waals surface area contributed by atoms with Crippen LogP contribution in [0.5, 0.6) is 5.88 Å². The van der Waals surface area contributed by atoms with Crippen LogP contribution in [0.4, 0.5) is 4.39 Å². The number of aryl methyl sites for hydroxylation is 1. The Balaban J connectivity index is 1.61. The van der Waals surface area contributed by atoms with Crippen LogP contribution in [0.15, 0.2) is 42.5 Å². The van der Waals surface area contributed by atoms with Gasteiger partial charge in [0, 0.05) is 36.3 Å². The molecule has 1 unspecified atom stereocenters. The highest BCUT2D eigenvalue weighted by Crippen LogP contribution is 2.23. The first-order valence-electron chi connectivity index (χ1n) is 8.72. The summed E-state index contributed by atoms with van der Waals surface area (Å²) >= 11 is 0. The Morgan fingerprint density at radius 2 is 2.04 bits per heavy atom. The fraction of sp³-hybridized carbons (Fsp3) is 0.421. The summed E-state index contributed by atoms with van der Waals surface area (Å²) in [5.74, 6) is -0.150. The number of hydrogen-bond donors (Lipinski definition) is 0. The van der Waals surface area contributed by atoms with Crippen molar-refractivity contribution in [3.05, 3.63) is 59.5 Å². The number of pyridine rings is 1. The molecule has 0 amide bonds. The van der Waals surface area contributed by atoms with Crippen LogP contribution in [-0.2, 0) is 15.8 Å². The van der Waals surface area contributed by atoms with E-state index in [2.05, 4.69) is 4.98 Å². The quantitative estimate of drug-likeness (QED) is 0.775. The molecule has 1 aromatic carbocycles. The summed E-state index contributed by atoms with van der Waals surface area (Å²) in [5.41, 5.74) is 1.08. The maximum Gasteiger partial charge on any atom is 0.218 e. The van der Waals surface area contributed by atoms with Crippen molar-refractivity contribution < 1.29 is 17.5 Å². The van der Waals surface area contributed by atoms with Gasteiger partial charge in [0.25, 0.3) is 0 Å². The molecule has 1 aliphatic rings. The lowest BCUT2D eigenvalue weighted by atomic mass is 10.0. The number of aromatic nitrogens is 1. The molecule has 1 saturated heterocycles. The Labute approximate surface area is 153 Å². The molecule has 3 rings (SSSR count). The molecule has 140 valence electrons. The molecular weight excluding hydrogens is 355 g/mol. The average Bonchev–Trinajstić information content (AvgIpc) is 2.62. The van der Waals surface area contributed by atoms with Crippen LogP contribution in [-0.4, -0.2) is 37.4 Å². The molecule has 2 heterocycles. The Morgan fingerprint density at radius 1 is 1.23 bits per heavy atom. The molecule has 1 aromatic heterocycles. The van der Waals surface area contributed by atoms with E-state index in [0.29, 0.717) is 25.6 Å². The Morgan fingerprint density at radius 3 is 2.81 bits per heavy atom. The van der Waals surface area contributed by atoms with E-state index in [0.717, 1.165) is 18.5 Å². The standard InChI is InChI=1S/C19H23FN2O3S/c1-15-6-4-10-19(21-15)25-13-16-7-5-11-22(12-16)26(23,24)14-17-8-2-3-9-18(17)20/h2-4,6,8-10,16H,5,7,11-14H2,1H3. The normalized spacial score (nSPS) is 18.6. The van der Waals surface area contributed by atoms with Crippen molar-refractivity contribution in [2.24, 2.45) is 5.92 Å². The smallest absolute Gasteiger partial charge is 0.218 e. The lowest BCUT2D eigenvalue weighted by Gasteiger charge is -2.31. The van der Waals surface area contributed by atoms with Crippen LogP contribution in [0.2, 0.25) is 0 Å². The number of benzene rings is 1. The summed E-state index contributed by atoms with van der Waals surface area (Å²) in [4.78, 5) is 4.30. The highest BCUT2D eigenvalue weighted by molar-refractivity contribution is 7.88. The second-order valence-corrected chi connectivity index (χ2v) is 8.61. The Bertz CT molecular complexity index is 857. The van der Waals surface area contributed by atoms with E-state index < -0.39 is 15.8 Å². The predicted molar refractivity (Wildman–Crippen MR) is 97.8 cm³/mol. The maximum absolute atomic E-state index is 13.8. The van der Waals surface area contributed by atoms with E-state index in [-0.39, 0.29) is 17.2 Å². The zero-order chi connectivity index (χ0) is 18.6. The molecule has 0 radical (unpaired) electrons. The third-order valence-electron chi connectivity index (χ3n) is 4.50. The summed E-state index contributed by atoms with van der Waals surface area (Å²) in [7, 11) is -3.56. The number of piperidine rings is 1. The highest BCUT2D eigenvalue weighted by atomic mass is 32.2. The summed E-state index contributed by atoms with van der Waals surface area (Å²) in [6.45, 7) is 3.17. The van der Waals surface area contributed by atoms with Gasteiger partial charge in [0.15, 0.2) is 0 Å². The number of sulfonamides is 1. The summed E-state index contributed by atoms with van der Waals surface area (Å²) < 4.78 is 46.3. The molecule has 5 nitrogen and oxygen atoms in total. The van der Waals surface area contributed by atoms with E-state index in [1.54, 1.807) is 18.2 Å². The fourth-order valence-electron chi connectivity index (χ4n) is 3.12. The van der Waals surface area contributed by atoms with E-state index in [1.165, 1.54) is 16.4 Å². The molecule has 1 aliphatic heterocycles. The van der Waals surface area contributed by atoms with Crippen molar-refractivity contribution in [2.45, 2.75) is 25.5 Å². The molecule has 7 heteroatoms. The van der Waals surface area contributed by atoms with Gasteiger partial charge in [0.05, 0.1) is 12.4 Å². The van der Waals surface area contributed by atoms with Gasteiger partial charge in [0.1, 0.15) is 5.82 Å². The third kappa shape index (κ3) is 4.80. The van der Waals surface area contributed by atoms with Gasteiger partial charge in [0.2, 0.25) is 15.9 Å². The van der Waals surface area contributed by atoms with Gasteiger partial charge < -0.3 is 4.74 Å². The van der Waals surface area contributed by atoms with E-state index in [9.17, 15) is 12.8 Å². The minimum Gasteiger partial charge on any atom is -0.477 e. The van der Waals surface area contributed by atoms with Crippen LogP contribution in [0.1, 0.15) is 24.1 Å². The first-order chi connectivity index (χ1) is 12.4. The highest BCUT2D eigenvalue weighted by Gasteiger charge is 2.30. The molecule has 0 N–H and O–H groups in total. The van der Waals surface area contributed by atoms with E-state index in [4.69, 9.17) is 4.74 Å². The summed E-state index contributed by atoms with van der Waals surface area (Å²) in [6.07, 6.45) is 1.67. The number of nitrogens with zero attached hydrogens (tertiary/aromatic N) is 2. The minimum atomic E-state index is -3.56. The minimum absolute atomic E-state index is 0.0986. The topological polar surface area (TPSA) is 59.5 Å². The third-order valence-corrected chi connectivity index (χ3v) is 6.29. The van der Waals surface area contributed by atoms with Gasteiger partial charge in [-0.1, -0.05) is 24.3 Å². The Hall–Kier alpha value is -1.99. The van der Waals surface area contributed by atoms with Crippen molar-refractivity contribution in [3.8, 4) is 5.88 Å². The molecule has 26 heavy (non-hydrogen) atoms. The second-order valence-electron chi connectivity index (χ2n) is 6.64. The lowest BCUT2D eigenvalue weighted by Crippen LogP contribution is -2.42. The SMILES string of the molecule is Cc1cccc(OCC2CCCN(S(=O)(=O)Cc3ccccc3F)C2)n1. The molecule has 1 atom stereocenters. The van der Waals surface area contributed by atoms with Crippen LogP contribution in [0.25, 0.3) is 0 Å². The number of ether oxygens (including phenoxy) is 1. The van der Waals surface area contributed by atoms with Crippen LogP contribution >= 0.6 is 0 Å². The largest absolute Gasteiger partial charge is 0.477 e. The van der Waals surface area contributed by atoms with Crippen molar-refractivity contribution in [2.75, 3.05) is 19.7 Å². The van der Waals surface area contributed by atoms with Gasteiger partial charge in [-0.15, -0.1) is 0 Å². The number of hydrogen-bond acceptors (Lipinski definition) is 4. The van der Waals surface area contributed by atoms with E-state index >= 15 is 0 Å². The first kappa shape index (κ1) is 18.8. The predicted octanol–water partition coefficient (Wildman–Crippen LogP) is 3.15. The van der Waals surface area contributed by atoms with Gasteiger partial charge in [-0.2, -0.15) is 0 Å². The van der Waals surface area contributed by atoms with Crippen molar-refractivity contribution in [1.82, 2.24) is 9.29 Å². The van der Waals surface area contributed by atoms with Crippen molar-refractivity contribution in [3.63, 3.8) is 0 Å². The molecule has 0 spiro atoms. The number of halogens is 1. The summed E-state index contributed by atoms with van der Waals surface area (Å²) in [5, 5.41) is 0. The maximum atomic E-state index is 13.8. The Kier molecular flexibility index (Phi) is 5.88. The number of rotatable bonds is 6. The molecule has 0 saturated carbocycles. The lowest BCUT2D eigenvalue weighted by molar-refractivity contribution is 0.176. The average molecular weight is 378 g/mol. The fourth-order valence-corrected chi connectivity index (χ4v) is 4.78.